The summed E-state index contributed by atoms with van der Waals surface area (Å²) in [4.78, 5) is 0. The number of hydrogen-bond donors (Lipinski definition) is 0. The molecule has 0 spiro atoms. The van der Waals surface area contributed by atoms with Crippen LogP contribution in [-0.4, -0.2) is 23.4 Å². The molecule has 130 valence electrons. The van der Waals surface area contributed by atoms with Crippen molar-refractivity contribution in [2.75, 3.05) is 7.11 Å². The molecular weight excluding hydrogens is 336 g/mol. The Morgan fingerprint density at radius 2 is 1.72 bits per heavy atom. The van der Waals surface area contributed by atoms with Gasteiger partial charge in [0.15, 0.2) is 0 Å². The Balaban J connectivity index is 1.73. The Morgan fingerprint density at radius 1 is 1.00 bits per heavy atom. The highest BCUT2D eigenvalue weighted by molar-refractivity contribution is 7.98. The van der Waals surface area contributed by atoms with Gasteiger partial charge in [-0.25, -0.2) is 0 Å². The van der Waals surface area contributed by atoms with Crippen LogP contribution in [0.25, 0.3) is 11.5 Å². The third-order valence-electron chi connectivity index (χ3n) is 3.43. The predicted molar refractivity (Wildman–Crippen MR) is 98.1 cm³/mol. The first-order chi connectivity index (χ1) is 12.2. The zero-order chi connectivity index (χ0) is 17.6. The molecule has 0 N–H and O–H groups in total. The van der Waals surface area contributed by atoms with E-state index in [1.807, 2.05) is 62.4 Å². The van der Waals surface area contributed by atoms with E-state index in [2.05, 4.69) is 10.2 Å². The summed E-state index contributed by atoms with van der Waals surface area (Å²) in [6.07, 6.45) is 0.131. The molecule has 1 aromatic heterocycles. The van der Waals surface area contributed by atoms with E-state index in [1.165, 1.54) is 11.8 Å². The van der Waals surface area contributed by atoms with Gasteiger partial charge in [-0.1, -0.05) is 42.1 Å². The Morgan fingerprint density at radius 3 is 2.48 bits per heavy atom. The minimum absolute atomic E-state index is 0.131. The second-order valence-corrected chi connectivity index (χ2v) is 6.56. The molecule has 0 amide bonds. The average Bonchev–Trinajstić information content (AvgIpc) is 3.09. The normalized spacial score (nSPS) is 10.9. The maximum Gasteiger partial charge on any atom is 0.277 e. The van der Waals surface area contributed by atoms with Crippen molar-refractivity contribution in [1.82, 2.24) is 10.2 Å². The number of rotatable bonds is 7. The van der Waals surface area contributed by atoms with E-state index < -0.39 is 0 Å². The van der Waals surface area contributed by atoms with E-state index in [0.29, 0.717) is 22.6 Å². The van der Waals surface area contributed by atoms with Crippen molar-refractivity contribution in [3.05, 3.63) is 54.1 Å². The van der Waals surface area contributed by atoms with Crippen molar-refractivity contribution in [1.29, 1.82) is 0 Å². The highest BCUT2D eigenvalue weighted by Crippen LogP contribution is 2.32. The summed E-state index contributed by atoms with van der Waals surface area (Å²) in [5, 5.41) is 8.77. The van der Waals surface area contributed by atoms with Crippen LogP contribution in [-0.2, 0) is 5.75 Å². The van der Waals surface area contributed by atoms with Crippen molar-refractivity contribution in [3.8, 4) is 23.0 Å². The van der Waals surface area contributed by atoms with Gasteiger partial charge in [-0.3, -0.25) is 0 Å². The van der Waals surface area contributed by atoms with Gasteiger partial charge in [-0.05, 0) is 32.0 Å². The second kappa shape index (κ2) is 8.07. The van der Waals surface area contributed by atoms with Gasteiger partial charge in [0.1, 0.15) is 11.5 Å². The standard InChI is InChI=1S/C19H20N2O3S/c1-13(2)23-16-10-6-4-8-14(16)12-25-19-21-20-18(24-19)15-9-5-7-11-17(15)22-3/h4-11,13H,12H2,1-3H3. The fourth-order valence-corrected chi connectivity index (χ4v) is 3.08. The van der Waals surface area contributed by atoms with Crippen LogP contribution in [0.15, 0.2) is 58.2 Å². The lowest BCUT2D eigenvalue weighted by atomic mass is 10.2. The minimum Gasteiger partial charge on any atom is -0.496 e. The zero-order valence-electron chi connectivity index (χ0n) is 14.4. The van der Waals surface area contributed by atoms with Gasteiger partial charge in [-0.2, -0.15) is 0 Å². The molecule has 0 saturated heterocycles. The molecule has 0 unspecified atom stereocenters. The molecule has 0 aliphatic rings. The van der Waals surface area contributed by atoms with Crippen LogP contribution >= 0.6 is 11.8 Å². The molecule has 5 nitrogen and oxygen atoms in total. The number of methoxy groups -OCH3 is 1. The molecule has 0 saturated carbocycles. The lowest BCUT2D eigenvalue weighted by Gasteiger charge is -2.13. The second-order valence-electron chi connectivity index (χ2n) is 5.64. The summed E-state index contributed by atoms with van der Waals surface area (Å²) in [6.45, 7) is 4.03. The minimum atomic E-state index is 0.131. The molecule has 1 heterocycles. The molecule has 3 rings (SSSR count). The fourth-order valence-electron chi connectivity index (χ4n) is 2.33. The largest absolute Gasteiger partial charge is 0.496 e. The SMILES string of the molecule is COc1ccccc1-c1nnc(SCc2ccccc2OC(C)C)o1. The fraction of sp³-hybridized carbons (Fsp3) is 0.263. The molecule has 6 heteroatoms. The maximum absolute atomic E-state index is 5.84. The Bertz CT molecular complexity index is 833. The van der Waals surface area contributed by atoms with Crippen LogP contribution < -0.4 is 9.47 Å². The smallest absolute Gasteiger partial charge is 0.277 e. The summed E-state index contributed by atoms with van der Waals surface area (Å²) in [7, 11) is 1.62. The lowest BCUT2D eigenvalue weighted by Crippen LogP contribution is -2.07. The molecule has 0 aliphatic heterocycles. The summed E-state index contributed by atoms with van der Waals surface area (Å²) in [5.41, 5.74) is 1.88. The topological polar surface area (TPSA) is 57.4 Å². The van der Waals surface area contributed by atoms with Crippen LogP contribution in [0.4, 0.5) is 0 Å². The zero-order valence-corrected chi connectivity index (χ0v) is 15.2. The van der Waals surface area contributed by atoms with E-state index in [1.54, 1.807) is 7.11 Å². The van der Waals surface area contributed by atoms with Gasteiger partial charge >= 0.3 is 0 Å². The van der Waals surface area contributed by atoms with E-state index >= 15 is 0 Å². The van der Waals surface area contributed by atoms with Crippen LogP contribution in [0, 0.1) is 0 Å². The maximum atomic E-state index is 5.84. The lowest BCUT2D eigenvalue weighted by molar-refractivity contribution is 0.240. The van der Waals surface area contributed by atoms with Crippen molar-refractivity contribution < 1.29 is 13.9 Å². The number of hydrogen-bond acceptors (Lipinski definition) is 6. The highest BCUT2D eigenvalue weighted by Gasteiger charge is 2.14. The quantitative estimate of drug-likeness (QED) is 0.566. The molecule has 0 fully saturated rings. The average molecular weight is 356 g/mol. The van der Waals surface area contributed by atoms with Gasteiger partial charge in [-0.15, -0.1) is 10.2 Å². The first-order valence-electron chi connectivity index (χ1n) is 8.01. The Hall–Kier alpha value is -2.47. The third-order valence-corrected chi connectivity index (χ3v) is 4.30. The van der Waals surface area contributed by atoms with Crippen LogP contribution in [0.5, 0.6) is 11.5 Å². The highest BCUT2D eigenvalue weighted by atomic mass is 32.2. The number of para-hydroxylation sites is 2. The van der Waals surface area contributed by atoms with Crippen LogP contribution in [0.3, 0.4) is 0 Å². The first-order valence-corrected chi connectivity index (χ1v) is 9.00. The van der Waals surface area contributed by atoms with Gasteiger partial charge in [0, 0.05) is 11.3 Å². The van der Waals surface area contributed by atoms with E-state index in [0.717, 1.165) is 16.9 Å². The van der Waals surface area contributed by atoms with Gasteiger partial charge < -0.3 is 13.9 Å². The molecule has 0 radical (unpaired) electrons. The molecule has 25 heavy (non-hydrogen) atoms. The van der Waals surface area contributed by atoms with Crippen molar-refractivity contribution >= 4 is 11.8 Å². The van der Waals surface area contributed by atoms with E-state index in [9.17, 15) is 0 Å². The van der Waals surface area contributed by atoms with Gasteiger partial charge in [0.2, 0.25) is 0 Å². The molecule has 0 bridgehead atoms. The van der Waals surface area contributed by atoms with Crippen LogP contribution in [0.2, 0.25) is 0 Å². The number of thioether (sulfide) groups is 1. The van der Waals surface area contributed by atoms with E-state index in [4.69, 9.17) is 13.9 Å². The summed E-state index contributed by atoms with van der Waals surface area (Å²) >= 11 is 1.48. The molecular formula is C19H20N2O3S. The van der Waals surface area contributed by atoms with Gasteiger partial charge in [0.05, 0.1) is 18.8 Å². The molecule has 3 aromatic rings. The molecule has 2 aromatic carbocycles. The molecule has 0 aliphatic carbocycles. The molecule has 0 atom stereocenters. The number of benzene rings is 2. The first kappa shape index (κ1) is 17.4. The van der Waals surface area contributed by atoms with Crippen molar-refractivity contribution in [2.45, 2.75) is 30.9 Å². The van der Waals surface area contributed by atoms with Gasteiger partial charge in [0.25, 0.3) is 11.1 Å². The summed E-state index contributed by atoms with van der Waals surface area (Å²) in [5.74, 6) is 2.73. The van der Waals surface area contributed by atoms with E-state index in [-0.39, 0.29) is 6.10 Å². The summed E-state index contributed by atoms with van der Waals surface area (Å²) < 4.78 is 17.0. The number of aromatic nitrogens is 2. The predicted octanol–water partition coefficient (Wildman–Crippen LogP) is 4.82. The van der Waals surface area contributed by atoms with Crippen LogP contribution in [0.1, 0.15) is 19.4 Å². The summed E-state index contributed by atoms with van der Waals surface area (Å²) in [6, 6.07) is 15.6. The number of ether oxygens (including phenoxy) is 2. The Labute approximate surface area is 151 Å². The van der Waals surface area contributed by atoms with Crippen molar-refractivity contribution in [2.24, 2.45) is 0 Å². The third kappa shape index (κ3) is 4.33. The monoisotopic (exact) mass is 356 g/mol. The van der Waals surface area contributed by atoms with Crippen molar-refractivity contribution in [3.63, 3.8) is 0 Å². The number of nitrogens with zero attached hydrogens (tertiary/aromatic N) is 2. The Kier molecular flexibility index (Phi) is 5.60.